The Hall–Kier alpha value is -3.42. The van der Waals surface area contributed by atoms with Crippen LogP contribution in [0.25, 0.3) is 0 Å². The van der Waals surface area contributed by atoms with E-state index in [1.807, 2.05) is 23.1 Å². The van der Waals surface area contributed by atoms with Crippen LogP contribution in [-0.2, 0) is 9.53 Å². The van der Waals surface area contributed by atoms with E-state index in [0.717, 1.165) is 18.7 Å². The van der Waals surface area contributed by atoms with Crippen LogP contribution in [-0.4, -0.2) is 67.5 Å². The molecule has 0 unspecified atom stereocenters. The number of carbonyl (C=O) groups excluding carboxylic acids is 3. The number of benzene rings is 1. The first-order chi connectivity index (χ1) is 15.5. The lowest BCUT2D eigenvalue weighted by molar-refractivity contribution is -0.119. The first-order valence-electron chi connectivity index (χ1n) is 11.0. The maximum atomic E-state index is 13.3. The molecular weight excluding hydrogens is 408 g/mol. The van der Waals surface area contributed by atoms with Gasteiger partial charge in [0, 0.05) is 45.3 Å². The normalized spacial score (nSPS) is 15.9. The second-order valence-corrected chi connectivity index (χ2v) is 8.09. The molecule has 2 amide bonds. The number of hydrogen-bond acceptors (Lipinski definition) is 6. The maximum Gasteiger partial charge on any atom is 0.339 e. The number of aromatic nitrogens is 1. The lowest BCUT2D eigenvalue weighted by atomic mass is 10.1. The topological polar surface area (TPSA) is 83.0 Å². The molecule has 0 atom stereocenters. The molecule has 4 rings (SSSR count). The highest BCUT2D eigenvalue weighted by molar-refractivity contribution is 6.05. The van der Waals surface area contributed by atoms with Crippen LogP contribution in [0, 0.1) is 5.92 Å². The van der Waals surface area contributed by atoms with Gasteiger partial charge in [-0.1, -0.05) is 12.1 Å². The molecule has 0 N–H and O–H groups in total. The maximum absolute atomic E-state index is 13.3. The monoisotopic (exact) mass is 436 g/mol. The van der Waals surface area contributed by atoms with Crippen LogP contribution in [0.2, 0.25) is 0 Å². The molecule has 1 aliphatic carbocycles. The van der Waals surface area contributed by atoms with Crippen LogP contribution >= 0.6 is 0 Å². The van der Waals surface area contributed by atoms with Gasteiger partial charge in [-0.2, -0.15) is 0 Å². The minimum Gasteiger partial charge on any atom is -0.462 e. The Bertz CT molecular complexity index is 995. The van der Waals surface area contributed by atoms with Crippen LogP contribution in [0.5, 0.6) is 0 Å². The number of para-hydroxylation sites is 1. The van der Waals surface area contributed by atoms with Gasteiger partial charge in [0.05, 0.1) is 23.4 Å². The Kier molecular flexibility index (Phi) is 6.39. The number of ether oxygens (including phenoxy) is 1. The molecule has 2 heterocycles. The standard InChI is InChI=1S/C24H28N4O4/c1-3-32-24(31)18-10-11-21(25-16-18)27-12-14-28(15-13-27)23(30)19-6-4-5-7-20(19)26(2)22(29)17-8-9-17/h4-7,10-11,16-17H,3,8-9,12-15H2,1-2H3. The molecular formula is C24H28N4O4. The molecule has 1 aliphatic heterocycles. The van der Waals surface area contributed by atoms with Gasteiger partial charge >= 0.3 is 5.97 Å². The van der Waals surface area contributed by atoms with E-state index in [2.05, 4.69) is 9.88 Å². The summed E-state index contributed by atoms with van der Waals surface area (Å²) in [5.74, 6) is 0.481. The lowest BCUT2D eigenvalue weighted by Crippen LogP contribution is -2.49. The number of hydrogen-bond donors (Lipinski definition) is 0. The summed E-state index contributed by atoms with van der Waals surface area (Å²) >= 11 is 0. The van der Waals surface area contributed by atoms with Gasteiger partial charge in [0.15, 0.2) is 0 Å². The Balaban J connectivity index is 1.40. The van der Waals surface area contributed by atoms with Gasteiger partial charge in [-0.05, 0) is 44.0 Å². The molecule has 2 aromatic rings. The van der Waals surface area contributed by atoms with Crippen LogP contribution in [0.4, 0.5) is 11.5 Å². The van der Waals surface area contributed by atoms with E-state index in [9.17, 15) is 14.4 Å². The van der Waals surface area contributed by atoms with Gasteiger partial charge in [-0.25, -0.2) is 9.78 Å². The highest BCUT2D eigenvalue weighted by atomic mass is 16.5. The zero-order valence-corrected chi connectivity index (χ0v) is 18.5. The molecule has 32 heavy (non-hydrogen) atoms. The molecule has 1 aromatic carbocycles. The molecule has 8 nitrogen and oxygen atoms in total. The smallest absolute Gasteiger partial charge is 0.339 e. The molecule has 2 fully saturated rings. The molecule has 0 bridgehead atoms. The van der Waals surface area contributed by atoms with Gasteiger partial charge in [0.1, 0.15) is 5.82 Å². The number of anilines is 2. The van der Waals surface area contributed by atoms with Gasteiger partial charge in [0.2, 0.25) is 5.91 Å². The van der Waals surface area contributed by atoms with Crippen molar-refractivity contribution >= 4 is 29.3 Å². The molecule has 2 aliphatic rings. The van der Waals surface area contributed by atoms with Crippen molar-refractivity contribution in [3.05, 3.63) is 53.7 Å². The fourth-order valence-electron chi connectivity index (χ4n) is 3.89. The van der Waals surface area contributed by atoms with Gasteiger partial charge in [-0.15, -0.1) is 0 Å². The third-order valence-corrected chi connectivity index (χ3v) is 5.90. The number of pyridine rings is 1. The fourth-order valence-corrected chi connectivity index (χ4v) is 3.89. The van der Waals surface area contributed by atoms with Gasteiger partial charge in [-0.3, -0.25) is 9.59 Å². The minimum atomic E-state index is -0.384. The van der Waals surface area contributed by atoms with Gasteiger partial charge in [0.25, 0.3) is 5.91 Å². The average molecular weight is 437 g/mol. The Labute approximate surface area is 187 Å². The SMILES string of the molecule is CCOC(=O)c1ccc(N2CCN(C(=O)c3ccccc3N(C)C(=O)C3CC3)CC2)nc1. The van der Waals surface area contributed by atoms with Crippen molar-refractivity contribution in [3.8, 4) is 0 Å². The Morgan fingerprint density at radius 2 is 1.78 bits per heavy atom. The predicted octanol–water partition coefficient (Wildman–Crippen LogP) is 2.59. The van der Waals surface area contributed by atoms with E-state index >= 15 is 0 Å². The van der Waals surface area contributed by atoms with Gasteiger partial charge < -0.3 is 19.4 Å². The predicted molar refractivity (Wildman–Crippen MR) is 121 cm³/mol. The summed E-state index contributed by atoms with van der Waals surface area (Å²) < 4.78 is 4.99. The van der Waals surface area contributed by atoms with Crippen molar-refractivity contribution in [2.75, 3.05) is 49.6 Å². The molecule has 1 aromatic heterocycles. The number of amides is 2. The van der Waals surface area contributed by atoms with Crippen LogP contribution in [0.3, 0.4) is 0 Å². The summed E-state index contributed by atoms with van der Waals surface area (Å²) in [6.45, 7) is 4.46. The van der Waals surface area contributed by atoms with Crippen LogP contribution < -0.4 is 9.80 Å². The number of nitrogens with zero attached hydrogens (tertiary/aromatic N) is 4. The van der Waals surface area contributed by atoms with Crippen LogP contribution in [0.15, 0.2) is 42.6 Å². The minimum absolute atomic E-state index is 0.0682. The van der Waals surface area contributed by atoms with E-state index in [4.69, 9.17) is 4.74 Å². The number of esters is 1. The molecule has 0 spiro atoms. The lowest BCUT2D eigenvalue weighted by Gasteiger charge is -2.36. The molecule has 168 valence electrons. The number of rotatable bonds is 6. The third kappa shape index (κ3) is 4.59. The molecule has 1 saturated heterocycles. The summed E-state index contributed by atoms with van der Waals surface area (Å²) in [6, 6.07) is 10.8. The van der Waals surface area contributed by atoms with Crippen molar-refractivity contribution in [2.45, 2.75) is 19.8 Å². The first-order valence-corrected chi connectivity index (χ1v) is 11.0. The Morgan fingerprint density at radius 1 is 1.06 bits per heavy atom. The Morgan fingerprint density at radius 3 is 2.41 bits per heavy atom. The zero-order chi connectivity index (χ0) is 22.7. The number of carbonyl (C=O) groups is 3. The summed E-state index contributed by atoms with van der Waals surface area (Å²) in [5, 5.41) is 0. The van der Waals surface area contributed by atoms with E-state index in [1.54, 1.807) is 37.1 Å². The summed E-state index contributed by atoms with van der Waals surface area (Å²) in [6.07, 6.45) is 3.37. The second kappa shape index (κ2) is 9.38. The van der Waals surface area contributed by atoms with E-state index < -0.39 is 0 Å². The van der Waals surface area contributed by atoms with E-state index in [-0.39, 0.29) is 23.7 Å². The van der Waals surface area contributed by atoms with Crippen molar-refractivity contribution in [1.82, 2.24) is 9.88 Å². The van der Waals surface area contributed by atoms with E-state index in [0.29, 0.717) is 49.6 Å². The van der Waals surface area contributed by atoms with Crippen molar-refractivity contribution in [1.29, 1.82) is 0 Å². The van der Waals surface area contributed by atoms with E-state index in [1.165, 1.54) is 6.20 Å². The van der Waals surface area contributed by atoms with Crippen molar-refractivity contribution < 1.29 is 19.1 Å². The molecule has 1 saturated carbocycles. The summed E-state index contributed by atoms with van der Waals surface area (Å²) in [7, 11) is 1.75. The highest BCUT2D eigenvalue weighted by Crippen LogP contribution is 2.33. The first kappa shape index (κ1) is 21.8. The molecule has 8 heteroatoms. The average Bonchev–Trinajstić information content (AvgIpc) is 3.69. The van der Waals surface area contributed by atoms with Crippen LogP contribution in [0.1, 0.15) is 40.5 Å². The van der Waals surface area contributed by atoms with Crippen molar-refractivity contribution in [2.24, 2.45) is 5.92 Å². The highest BCUT2D eigenvalue weighted by Gasteiger charge is 2.34. The fraction of sp³-hybridized carbons (Fsp3) is 0.417. The van der Waals surface area contributed by atoms with Crippen molar-refractivity contribution in [3.63, 3.8) is 0 Å². The molecule has 0 radical (unpaired) electrons. The quantitative estimate of drug-likeness (QED) is 0.648. The second-order valence-electron chi connectivity index (χ2n) is 8.09. The zero-order valence-electron chi connectivity index (χ0n) is 18.5. The summed E-state index contributed by atoms with van der Waals surface area (Å²) in [5.41, 5.74) is 1.63. The third-order valence-electron chi connectivity index (χ3n) is 5.90. The number of piperazine rings is 1. The summed E-state index contributed by atoms with van der Waals surface area (Å²) in [4.78, 5) is 47.5. The largest absolute Gasteiger partial charge is 0.462 e.